The summed E-state index contributed by atoms with van der Waals surface area (Å²) < 4.78 is 11.3. The van der Waals surface area contributed by atoms with Gasteiger partial charge in [-0.1, -0.05) is 6.07 Å². The second-order valence-corrected chi connectivity index (χ2v) is 4.77. The molecule has 0 aliphatic carbocycles. The summed E-state index contributed by atoms with van der Waals surface area (Å²) in [5.74, 6) is -1.32. The van der Waals surface area contributed by atoms with Crippen LogP contribution >= 0.6 is 0 Å². The summed E-state index contributed by atoms with van der Waals surface area (Å²) in [5, 5.41) is 10.9. The molecule has 6 nitrogen and oxygen atoms in total. The van der Waals surface area contributed by atoms with Crippen molar-refractivity contribution >= 4 is 28.5 Å². The lowest BCUT2D eigenvalue weighted by atomic mass is 10.4. The molecule has 17 heavy (non-hydrogen) atoms. The summed E-state index contributed by atoms with van der Waals surface area (Å²) in [6, 6.07) is 5.03. The molecular weight excluding hydrogens is 244 g/mol. The number of pyridine rings is 1. The zero-order chi connectivity index (χ0) is 12.7. The van der Waals surface area contributed by atoms with E-state index in [0.29, 0.717) is 5.82 Å². The van der Waals surface area contributed by atoms with Crippen LogP contribution in [0.4, 0.5) is 5.82 Å². The number of anilines is 1. The molecule has 0 fully saturated rings. The van der Waals surface area contributed by atoms with E-state index in [1.807, 2.05) is 0 Å². The number of nitrogens with zero attached hydrogens (tertiary/aromatic N) is 1. The highest BCUT2D eigenvalue weighted by atomic mass is 32.2. The number of aromatic nitrogens is 1. The van der Waals surface area contributed by atoms with E-state index in [4.69, 9.17) is 5.11 Å². The third-order valence-electron chi connectivity index (χ3n) is 1.77. The normalized spacial score (nSPS) is 11.8. The molecule has 0 saturated carbocycles. The van der Waals surface area contributed by atoms with Gasteiger partial charge in [0.05, 0.1) is 6.42 Å². The van der Waals surface area contributed by atoms with Crippen LogP contribution < -0.4 is 5.32 Å². The number of hydrogen-bond acceptors (Lipinski definition) is 4. The topological polar surface area (TPSA) is 96.4 Å². The van der Waals surface area contributed by atoms with Gasteiger partial charge in [0.1, 0.15) is 11.6 Å². The average molecular weight is 256 g/mol. The van der Waals surface area contributed by atoms with Crippen molar-refractivity contribution < 1.29 is 18.9 Å². The van der Waals surface area contributed by atoms with Crippen molar-refractivity contribution in [2.75, 3.05) is 16.8 Å². The van der Waals surface area contributed by atoms with Crippen molar-refractivity contribution in [1.82, 2.24) is 4.98 Å². The molecule has 1 heterocycles. The van der Waals surface area contributed by atoms with Crippen molar-refractivity contribution in [3.8, 4) is 0 Å². The summed E-state index contributed by atoms with van der Waals surface area (Å²) in [6.45, 7) is 0. The first-order valence-corrected chi connectivity index (χ1v) is 6.34. The van der Waals surface area contributed by atoms with Crippen LogP contribution in [-0.4, -0.2) is 37.7 Å². The molecule has 0 bridgehead atoms. The maximum absolute atomic E-state index is 11.4. The first-order chi connectivity index (χ1) is 8.08. The largest absolute Gasteiger partial charge is 0.481 e. The van der Waals surface area contributed by atoms with Gasteiger partial charge in [-0.3, -0.25) is 13.8 Å². The number of amides is 1. The van der Waals surface area contributed by atoms with Crippen LogP contribution in [0.15, 0.2) is 24.4 Å². The number of carbonyl (C=O) groups excluding carboxylic acids is 1. The van der Waals surface area contributed by atoms with Crippen molar-refractivity contribution in [2.24, 2.45) is 0 Å². The summed E-state index contributed by atoms with van der Waals surface area (Å²) in [7, 11) is -1.46. The Morgan fingerprint density at radius 2 is 2.18 bits per heavy atom. The Morgan fingerprint density at radius 3 is 2.76 bits per heavy atom. The molecule has 0 aromatic carbocycles. The Morgan fingerprint density at radius 1 is 1.41 bits per heavy atom. The molecule has 1 unspecified atom stereocenters. The van der Waals surface area contributed by atoms with E-state index in [0.717, 1.165) is 0 Å². The van der Waals surface area contributed by atoms with Gasteiger partial charge in [0.15, 0.2) is 0 Å². The van der Waals surface area contributed by atoms with E-state index in [2.05, 4.69) is 10.3 Å². The fraction of sp³-hybridized carbons (Fsp3) is 0.300. The average Bonchev–Trinajstić information content (AvgIpc) is 2.27. The molecule has 0 spiro atoms. The van der Waals surface area contributed by atoms with Crippen LogP contribution in [0, 0.1) is 0 Å². The van der Waals surface area contributed by atoms with Gasteiger partial charge in [-0.25, -0.2) is 4.98 Å². The predicted octanol–water partition coefficient (Wildman–Crippen LogP) is 0.243. The molecule has 1 rings (SSSR count). The van der Waals surface area contributed by atoms with Crippen LogP contribution in [0.3, 0.4) is 0 Å². The zero-order valence-electron chi connectivity index (χ0n) is 8.96. The minimum absolute atomic E-state index is 0.0228. The van der Waals surface area contributed by atoms with E-state index in [-0.39, 0.29) is 17.9 Å². The van der Waals surface area contributed by atoms with Gasteiger partial charge in [-0.15, -0.1) is 0 Å². The van der Waals surface area contributed by atoms with Gasteiger partial charge in [0.2, 0.25) is 5.91 Å². The Bertz CT molecular complexity index is 422. The highest BCUT2D eigenvalue weighted by molar-refractivity contribution is 7.85. The molecule has 92 valence electrons. The van der Waals surface area contributed by atoms with Gasteiger partial charge < -0.3 is 10.4 Å². The number of carbonyl (C=O) groups is 2. The monoisotopic (exact) mass is 256 g/mol. The Hall–Kier alpha value is -1.76. The van der Waals surface area contributed by atoms with Crippen molar-refractivity contribution in [1.29, 1.82) is 0 Å². The lowest BCUT2D eigenvalue weighted by molar-refractivity contribution is -0.136. The van der Waals surface area contributed by atoms with E-state index in [1.165, 1.54) is 6.20 Å². The van der Waals surface area contributed by atoms with Crippen LogP contribution in [-0.2, 0) is 20.4 Å². The molecule has 0 aliphatic rings. The summed E-state index contributed by atoms with van der Waals surface area (Å²) in [5.41, 5.74) is 0. The number of carboxylic acid groups (broad SMARTS) is 1. The minimum atomic E-state index is -1.46. The molecule has 0 radical (unpaired) electrons. The van der Waals surface area contributed by atoms with Crippen LogP contribution in [0.2, 0.25) is 0 Å². The summed E-state index contributed by atoms with van der Waals surface area (Å²) >= 11 is 0. The lowest BCUT2D eigenvalue weighted by Crippen LogP contribution is -2.22. The molecule has 0 aliphatic heterocycles. The van der Waals surface area contributed by atoms with Gasteiger partial charge in [0, 0.05) is 22.7 Å². The second kappa shape index (κ2) is 6.74. The molecule has 1 amide bonds. The Kier molecular flexibility index (Phi) is 5.28. The molecule has 0 saturated heterocycles. The molecule has 2 N–H and O–H groups in total. The Balaban J connectivity index is 2.35. The van der Waals surface area contributed by atoms with Gasteiger partial charge in [0.25, 0.3) is 0 Å². The maximum atomic E-state index is 11.4. The molecular formula is C10H12N2O4S. The maximum Gasteiger partial charge on any atom is 0.304 e. The van der Waals surface area contributed by atoms with E-state index < -0.39 is 22.7 Å². The first-order valence-electron chi connectivity index (χ1n) is 4.85. The van der Waals surface area contributed by atoms with Crippen LogP contribution in [0.1, 0.15) is 6.42 Å². The number of aliphatic carboxylic acids is 1. The highest BCUT2D eigenvalue weighted by Crippen LogP contribution is 2.00. The van der Waals surface area contributed by atoms with Crippen LogP contribution in [0.25, 0.3) is 0 Å². The molecule has 7 heteroatoms. The van der Waals surface area contributed by atoms with E-state index >= 15 is 0 Å². The summed E-state index contributed by atoms with van der Waals surface area (Å²) in [6.07, 6.45) is 1.32. The highest BCUT2D eigenvalue weighted by Gasteiger charge is 2.10. The first kappa shape index (κ1) is 13.3. The smallest absolute Gasteiger partial charge is 0.304 e. The summed E-state index contributed by atoms with van der Waals surface area (Å²) in [4.78, 5) is 25.5. The van der Waals surface area contributed by atoms with Gasteiger partial charge in [-0.2, -0.15) is 0 Å². The Labute approximate surface area is 101 Å². The predicted molar refractivity (Wildman–Crippen MR) is 63.0 cm³/mol. The van der Waals surface area contributed by atoms with Crippen molar-refractivity contribution in [3.63, 3.8) is 0 Å². The lowest BCUT2D eigenvalue weighted by Gasteiger charge is -2.03. The minimum Gasteiger partial charge on any atom is -0.481 e. The van der Waals surface area contributed by atoms with Crippen LogP contribution in [0.5, 0.6) is 0 Å². The number of hydrogen-bond donors (Lipinski definition) is 2. The fourth-order valence-electron chi connectivity index (χ4n) is 1.04. The van der Waals surface area contributed by atoms with Crippen molar-refractivity contribution in [2.45, 2.75) is 6.42 Å². The quantitative estimate of drug-likeness (QED) is 0.760. The number of carboxylic acids is 1. The molecule has 1 aromatic heterocycles. The number of rotatable bonds is 6. The van der Waals surface area contributed by atoms with Crippen molar-refractivity contribution in [3.05, 3.63) is 24.4 Å². The molecule has 1 atom stereocenters. The third-order valence-corrected chi connectivity index (χ3v) is 3.01. The third kappa shape index (κ3) is 5.76. The standard InChI is InChI=1S/C10H12N2O4S/c13-9(7-17(16)6-4-10(14)15)12-8-3-1-2-5-11-8/h1-3,5H,4,6-7H2,(H,14,15)(H,11,12,13). The number of nitrogens with one attached hydrogen (secondary N) is 1. The van der Waals surface area contributed by atoms with Gasteiger partial charge >= 0.3 is 5.97 Å². The molecule has 1 aromatic rings. The fourth-order valence-corrected chi connectivity index (χ4v) is 1.95. The SMILES string of the molecule is O=C(O)CCS(=O)CC(=O)Nc1ccccn1. The zero-order valence-corrected chi connectivity index (χ0v) is 9.77. The van der Waals surface area contributed by atoms with E-state index in [9.17, 15) is 13.8 Å². The van der Waals surface area contributed by atoms with Gasteiger partial charge in [-0.05, 0) is 12.1 Å². The van der Waals surface area contributed by atoms with E-state index in [1.54, 1.807) is 18.2 Å². The second-order valence-electron chi connectivity index (χ2n) is 3.20.